The van der Waals surface area contributed by atoms with Crippen LogP contribution >= 0.6 is 0 Å². The zero-order valence-corrected chi connectivity index (χ0v) is 76.5. The molecule has 0 spiro atoms. The first kappa shape index (κ1) is 68.1. The highest BCUT2D eigenvalue weighted by molar-refractivity contribution is 6.27. The number of nitrogens with zero attached hydrogens (tertiary/aromatic N) is 1. The van der Waals surface area contributed by atoms with Gasteiger partial charge in [-0.1, -0.05) is 442 Å². The van der Waals surface area contributed by atoms with E-state index in [4.69, 9.17) is 38.2 Å². The Hall–Kier alpha value is -18.9. The van der Waals surface area contributed by atoms with E-state index in [1.807, 2.05) is 206 Å². The molecule has 25 aromatic carbocycles. The van der Waals surface area contributed by atoms with E-state index in [9.17, 15) is 0 Å². The largest absolute Gasteiger partial charge is 0.456 e. The third kappa shape index (κ3) is 13.6. The first-order valence-electron chi connectivity index (χ1n) is 55.2. The molecule has 0 saturated carbocycles. The quantitative estimate of drug-likeness (QED) is 0.121. The second-order valence-electron chi connectivity index (χ2n) is 36.1. The molecule has 666 valence electrons. The normalized spacial score (nSPS) is 13.2. The molecular formula is C138H85NO4. The summed E-state index contributed by atoms with van der Waals surface area (Å²) in [5, 5.41) is 21.4. The van der Waals surface area contributed by atoms with Crippen molar-refractivity contribution in [2.75, 3.05) is 0 Å². The van der Waals surface area contributed by atoms with E-state index in [1.54, 1.807) is 0 Å². The summed E-state index contributed by atoms with van der Waals surface area (Å²) < 4.78 is 156. The lowest BCUT2D eigenvalue weighted by Gasteiger charge is -2.18. The number of para-hydroxylation sites is 7. The molecule has 30 aromatic rings. The van der Waals surface area contributed by atoms with Crippen LogP contribution in [0.1, 0.15) is 20.6 Å². The van der Waals surface area contributed by atoms with E-state index < -0.39 is 18.1 Å². The highest BCUT2D eigenvalue weighted by atomic mass is 16.3. The summed E-state index contributed by atoms with van der Waals surface area (Å²) in [5.74, 6) is 0. The first-order chi connectivity index (χ1) is 77.2. The maximum atomic E-state index is 8.92. The van der Waals surface area contributed by atoms with Gasteiger partial charge in [-0.3, -0.25) is 0 Å². The number of hydrogen-bond donors (Lipinski definition) is 0. The van der Waals surface area contributed by atoms with Gasteiger partial charge in [-0.25, -0.2) is 0 Å². The molecule has 5 heteroatoms. The second-order valence-corrected chi connectivity index (χ2v) is 36.1. The van der Waals surface area contributed by atoms with E-state index in [0.717, 1.165) is 247 Å². The Morgan fingerprint density at radius 3 is 0.818 bits per heavy atom. The summed E-state index contributed by atoms with van der Waals surface area (Å²) in [6.45, 7) is 0. The molecule has 0 amide bonds. The van der Waals surface area contributed by atoms with Crippen molar-refractivity contribution in [2.24, 2.45) is 0 Å². The van der Waals surface area contributed by atoms with Crippen LogP contribution in [-0.2, 0) is 0 Å². The lowest BCUT2D eigenvalue weighted by atomic mass is 9.85. The zero-order valence-electron chi connectivity index (χ0n) is 91.5. The summed E-state index contributed by atoms with van der Waals surface area (Å²) in [4.78, 5) is 0. The van der Waals surface area contributed by atoms with Crippen molar-refractivity contribution in [1.82, 2.24) is 4.57 Å². The third-order valence-electron chi connectivity index (χ3n) is 28.4. The molecule has 0 atom stereocenters. The molecule has 0 unspecified atom stereocenters. The number of rotatable bonds is 11. The van der Waals surface area contributed by atoms with E-state index in [-0.39, 0.29) is 89.2 Å². The minimum Gasteiger partial charge on any atom is -0.456 e. The van der Waals surface area contributed by atoms with Crippen LogP contribution in [0.15, 0.2) is 533 Å². The number of furan rings is 4. The summed E-state index contributed by atoms with van der Waals surface area (Å²) in [6, 6.07) is 140. The molecule has 5 aromatic heterocycles. The number of benzene rings is 25. The van der Waals surface area contributed by atoms with Gasteiger partial charge in [0.15, 0.2) is 0 Å². The molecular weight excluding hydrogens is 1740 g/mol. The monoisotopic (exact) mass is 1830 g/mol. The first-order valence-corrected chi connectivity index (χ1v) is 47.7. The van der Waals surface area contributed by atoms with Crippen molar-refractivity contribution in [3.8, 4) is 117 Å². The maximum Gasteiger partial charge on any atom is 0.143 e. The molecule has 0 N–H and O–H groups in total. The highest BCUT2D eigenvalue weighted by Gasteiger charge is 2.28. The Morgan fingerprint density at radius 1 is 0.154 bits per heavy atom. The van der Waals surface area contributed by atoms with Crippen molar-refractivity contribution < 1.29 is 38.2 Å². The maximum absolute atomic E-state index is 8.92. The summed E-state index contributed by atoms with van der Waals surface area (Å²) in [5.41, 5.74) is 27.0. The van der Waals surface area contributed by atoms with E-state index in [1.165, 1.54) is 10.8 Å². The van der Waals surface area contributed by atoms with Crippen molar-refractivity contribution in [2.45, 2.75) is 0 Å². The summed E-state index contributed by atoms with van der Waals surface area (Å²) in [7, 11) is 0. The van der Waals surface area contributed by atoms with Crippen LogP contribution in [0.3, 0.4) is 0 Å². The van der Waals surface area contributed by atoms with Gasteiger partial charge in [-0.2, -0.15) is 0 Å². The van der Waals surface area contributed by atoms with Crippen LogP contribution in [0.25, 0.3) is 291 Å². The van der Waals surface area contributed by atoms with Crippen molar-refractivity contribution >= 4 is 174 Å². The highest BCUT2D eigenvalue weighted by Crippen LogP contribution is 2.53. The van der Waals surface area contributed by atoms with Crippen LogP contribution in [0.2, 0.25) is 0 Å². The average molecular weight is 1840 g/mol. The van der Waals surface area contributed by atoms with Gasteiger partial charge in [0.05, 0.1) is 37.3 Å². The fraction of sp³-hybridized carbons (Fsp3) is 0. The molecule has 0 aliphatic rings. The molecule has 30 rings (SSSR count). The fourth-order valence-corrected chi connectivity index (χ4v) is 22.4. The minimum atomic E-state index is -0.407. The topological polar surface area (TPSA) is 57.5 Å². The van der Waals surface area contributed by atoms with Crippen LogP contribution in [0, 0.1) is 0 Å². The minimum absolute atomic E-state index is 0.197. The molecule has 0 bridgehead atoms. The Labute approximate surface area is 844 Å². The molecule has 5 nitrogen and oxygen atoms in total. The van der Waals surface area contributed by atoms with Gasteiger partial charge in [-0.15, -0.1) is 0 Å². The molecule has 0 fully saturated rings. The molecule has 143 heavy (non-hydrogen) atoms. The van der Waals surface area contributed by atoms with Crippen molar-refractivity contribution in [3.05, 3.63) is 515 Å². The van der Waals surface area contributed by atoms with E-state index >= 15 is 0 Å². The number of aromatic nitrogens is 1. The Balaban J connectivity index is 0.000000113. The van der Waals surface area contributed by atoms with E-state index in [2.05, 4.69) is 223 Å². The standard InChI is InChI=1S/C50H31NO.C50H30O2.C38H24O/c1-2-14-32(15-3-1)47-37-18-4-6-20-39(37)48(40-21-7-5-19-38(40)47)33-26-28-34(29-27-33)49-44(30-31-46-50(49)41-22-10-13-25-45(41)52-46)51-42-23-11-8-16-35(42)36-17-9-12-24-43(36)51;1-2-13-31(14-3-1)46-35-16-4-6-18-37(35)47(38-19-7-5-17-36(38)46)32-25-27-33(28-26-32)48-39(29-30-45-49(48)42-20-9-11-24-44(42)51-45)41-22-12-21-40-34-15-8-10-23-43(34)52-50(40)41;1-2-10-26(11-3-1)37-30-13-4-6-15-32(30)38(33-16-7-5-14-31(33)37)27-20-18-25(19-21-27)28-22-23-36-34(24-28)29-12-8-9-17-35(29)39-36/h1-31H;1-30H;1-24H/i1D,2D,3D,14D,15D;1D,2D,3D,13D,14D;1D,2D,3D,10D,11D. The van der Waals surface area contributed by atoms with Crippen LogP contribution in [0.5, 0.6) is 0 Å². The molecule has 0 aliphatic carbocycles. The Bertz CT molecular complexity index is 11100. The summed E-state index contributed by atoms with van der Waals surface area (Å²) in [6.07, 6.45) is 0. The predicted molar refractivity (Wildman–Crippen MR) is 602 cm³/mol. The van der Waals surface area contributed by atoms with Gasteiger partial charge in [0, 0.05) is 70.6 Å². The van der Waals surface area contributed by atoms with Gasteiger partial charge in [-0.05, 0) is 232 Å². The molecule has 0 saturated heterocycles. The third-order valence-corrected chi connectivity index (χ3v) is 28.4. The van der Waals surface area contributed by atoms with Crippen molar-refractivity contribution in [1.29, 1.82) is 0 Å². The van der Waals surface area contributed by atoms with Crippen molar-refractivity contribution in [3.63, 3.8) is 0 Å². The molecule has 0 radical (unpaired) electrons. The predicted octanol–water partition coefficient (Wildman–Crippen LogP) is 39.3. The Morgan fingerprint density at radius 2 is 0.420 bits per heavy atom. The SMILES string of the molecule is [2H]c1c([2H])c([2H])c(-c2c3ccccc3c(-c3ccc(-c4c(-c5cccc6c5oc5ccccc56)ccc5oc6ccccc6c45)cc3)c3ccccc23)c([2H])c1[2H].[2H]c1c([2H])c([2H])c(-c2c3ccccc3c(-c3ccc(-c4c(-n5c6ccccc6c6ccccc65)ccc5oc6ccccc6c45)cc3)c3ccccc23)c([2H])c1[2H].[2H]c1c([2H])c([2H])c(-c2c3ccccc3c(-c3ccc(-c4ccc5oc6ccccc6c5c4)cc3)c3ccccc23)c([2H])c1[2H]. The molecule has 0 aliphatic heterocycles. The van der Waals surface area contributed by atoms with Gasteiger partial charge < -0.3 is 22.2 Å². The number of fused-ring (bicyclic) bond motifs is 21. The van der Waals surface area contributed by atoms with Gasteiger partial charge >= 0.3 is 0 Å². The molecule has 5 heterocycles. The lowest BCUT2D eigenvalue weighted by Crippen LogP contribution is -1.98. The average Bonchev–Trinajstić information content (AvgIpc) is 1.34. The van der Waals surface area contributed by atoms with Gasteiger partial charge in [0.1, 0.15) is 44.7 Å². The second kappa shape index (κ2) is 34.0. The van der Waals surface area contributed by atoms with Crippen LogP contribution < -0.4 is 0 Å². The van der Waals surface area contributed by atoms with E-state index in [0.29, 0.717) is 16.7 Å². The van der Waals surface area contributed by atoms with Crippen LogP contribution in [0.4, 0.5) is 0 Å². The number of hydrogen-bond acceptors (Lipinski definition) is 4. The van der Waals surface area contributed by atoms with Crippen LogP contribution in [-0.4, -0.2) is 4.57 Å². The summed E-state index contributed by atoms with van der Waals surface area (Å²) >= 11 is 0. The lowest BCUT2D eigenvalue weighted by molar-refractivity contribution is 0.668. The van der Waals surface area contributed by atoms with Gasteiger partial charge in [0.25, 0.3) is 0 Å². The smallest absolute Gasteiger partial charge is 0.143 e. The van der Waals surface area contributed by atoms with Gasteiger partial charge in [0.2, 0.25) is 0 Å². The fourth-order valence-electron chi connectivity index (χ4n) is 22.4. The zero-order chi connectivity index (χ0) is 107. The Kier molecular flexibility index (Phi) is 16.2.